The molecule has 0 aliphatic heterocycles. The minimum Gasteiger partial charge on any atom is -0.223 e. The molecular weight excluding hydrogens is 71.0 g/mol. The van der Waals surface area contributed by atoms with Crippen LogP contribution in [-0.4, -0.2) is 19.1 Å². The average molecular weight is 78.1 g/mol. The van der Waals surface area contributed by atoms with Gasteiger partial charge in [0, 0.05) is 14.1 Å². The van der Waals surface area contributed by atoms with Crippen LogP contribution in [0, 0.1) is 0 Å². The fraction of sp³-hybridized carbons (Fsp3) is 1.00. The average Bonchev–Trinajstić information content (AvgIpc) is 1.38. The number of hydrazine groups is 1. The molecule has 0 atom stereocenters. The molecule has 0 spiro atoms. The molecule has 2 nitrogen and oxygen atoms in total. The maximum absolute atomic E-state index is 10.8. The molecule has 0 saturated carbocycles. The van der Waals surface area contributed by atoms with E-state index in [1.807, 2.05) is 0 Å². The first kappa shape index (κ1) is 4.85. The van der Waals surface area contributed by atoms with E-state index in [1.165, 1.54) is 10.7 Å². The van der Waals surface area contributed by atoms with Crippen molar-refractivity contribution in [2.24, 2.45) is 0 Å². The molecule has 0 aromatic rings. The fourth-order valence-corrected chi connectivity index (χ4v) is 0. The third-order valence-corrected chi connectivity index (χ3v) is 0.169. The highest BCUT2D eigenvalue weighted by atomic mass is 19.2. The zero-order valence-corrected chi connectivity index (χ0v) is 3.33. The molecule has 0 aromatic carbocycles. The van der Waals surface area contributed by atoms with E-state index in [2.05, 4.69) is 0 Å². The summed E-state index contributed by atoms with van der Waals surface area (Å²) < 4.78 is 10.8. The standard InChI is InChI=1S/C2H7FN2/c1-5(2)4-3/h4H,1-2H3. The summed E-state index contributed by atoms with van der Waals surface area (Å²) in [5.74, 6) is 0. The summed E-state index contributed by atoms with van der Waals surface area (Å²) >= 11 is 0. The van der Waals surface area contributed by atoms with Crippen LogP contribution in [-0.2, 0) is 0 Å². The Labute approximate surface area is 30.5 Å². The molecule has 0 amide bonds. The van der Waals surface area contributed by atoms with Crippen molar-refractivity contribution < 1.29 is 4.48 Å². The Balaban J connectivity index is 2.54. The Kier molecular flexibility index (Phi) is 2.05. The van der Waals surface area contributed by atoms with Gasteiger partial charge in [-0.15, -0.1) is 4.48 Å². The summed E-state index contributed by atoms with van der Waals surface area (Å²) in [5.41, 5.74) is 1.36. The van der Waals surface area contributed by atoms with Gasteiger partial charge >= 0.3 is 0 Å². The van der Waals surface area contributed by atoms with Crippen molar-refractivity contribution in [3.8, 4) is 0 Å². The second-order valence-corrected chi connectivity index (χ2v) is 0.979. The largest absolute Gasteiger partial charge is 0.223 e. The molecule has 0 aliphatic rings. The molecule has 0 aromatic heterocycles. The van der Waals surface area contributed by atoms with E-state index in [0.717, 1.165) is 0 Å². The summed E-state index contributed by atoms with van der Waals surface area (Å²) in [6.07, 6.45) is 0. The number of hydrogen-bond acceptors (Lipinski definition) is 2. The van der Waals surface area contributed by atoms with Gasteiger partial charge in [-0.3, -0.25) is 0 Å². The Hall–Kier alpha value is -0.150. The van der Waals surface area contributed by atoms with Gasteiger partial charge < -0.3 is 0 Å². The molecule has 0 radical (unpaired) electrons. The van der Waals surface area contributed by atoms with Crippen LogP contribution in [0.15, 0.2) is 0 Å². The highest BCUT2D eigenvalue weighted by Crippen LogP contribution is 1.55. The van der Waals surface area contributed by atoms with Gasteiger partial charge in [0.25, 0.3) is 0 Å². The summed E-state index contributed by atoms with van der Waals surface area (Å²) in [6.45, 7) is 0. The number of halogens is 1. The van der Waals surface area contributed by atoms with Crippen LogP contribution in [0.25, 0.3) is 0 Å². The highest BCUT2D eigenvalue weighted by molar-refractivity contribution is 4.04. The number of nitrogens with one attached hydrogen (secondary N) is 1. The predicted octanol–water partition coefficient (Wildman–Crippen LogP) is -0.0629. The second-order valence-electron chi connectivity index (χ2n) is 0.979. The van der Waals surface area contributed by atoms with Crippen molar-refractivity contribution in [2.75, 3.05) is 14.1 Å². The van der Waals surface area contributed by atoms with Crippen molar-refractivity contribution >= 4 is 0 Å². The number of nitrogens with zero attached hydrogens (tertiary/aromatic N) is 1. The van der Waals surface area contributed by atoms with Gasteiger partial charge in [-0.25, -0.2) is 5.01 Å². The minimum atomic E-state index is 1.21. The van der Waals surface area contributed by atoms with Crippen molar-refractivity contribution in [2.45, 2.75) is 0 Å². The molecule has 32 valence electrons. The third kappa shape index (κ3) is 3.85. The molecule has 0 bridgehead atoms. The predicted molar refractivity (Wildman–Crippen MR) is 17.9 cm³/mol. The molecule has 1 N–H and O–H groups in total. The quantitative estimate of drug-likeness (QED) is 0.349. The monoisotopic (exact) mass is 78.1 g/mol. The van der Waals surface area contributed by atoms with Crippen LogP contribution in [0.5, 0.6) is 0 Å². The topological polar surface area (TPSA) is 15.3 Å². The lowest BCUT2D eigenvalue weighted by atomic mass is 11.2. The van der Waals surface area contributed by atoms with Crippen LogP contribution < -0.4 is 5.65 Å². The molecule has 0 aliphatic carbocycles. The van der Waals surface area contributed by atoms with Crippen molar-refractivity contribution in [3.63, 3.8) is 0 Å². The second kappa shape index (κ2) is 2.11. The first-order valence-corrected chi connectivity index (χ1v) is 1.31. The molecule has 3 heteroatoms. The lowest BCUT2D eigenvalue weighted by molar-refractivity contribution is 0.120. The molecule has 0 rings (SSSR count). The van der Waals surface area contributed by atoms with Crippen LogP contribution in [0.3, 0.4) is 0 Å². The van der Waals surface area contributed by atoms with E-state index in [-0.39, 0.29) is 0 Å². The first-order chi connectivity index (χ1) is 2.27. The Morgan fingerprint density at radius 2 is 1.80 bits per heavy atom. The number of rotatable bonds is 1. The van der Waals surface area contributed by atoms with E-state index in [0.29, 0.717) is 0 Å². The van der Waals surface area contributed by atoms with Gasteiger partial charge in [0.05, 0.1) is 0 Å². The molecule has 5 heavy (non-hydrogen) atoms. The molecule has 0 fully saturated rings. The van der Waals surface area contributed by atoms with E-state index in [9.17, 15) is 4.48 Å². The van der Waals surface area contributed by atoms with E-state index >= 15 is 0 Å². The van der Waals surface area contributed by atoms with Crippen molar-refractivity contribution in [1.29, 1.82) is 0 Å². The Bertz CT molecular complexity index is 21.6. The van der Waals surface area contributed by atoms with Crippen molar-refractivity contribution in [3.05, 3.63) is 0 Å². The van der Waals surface area contributed by atoms with Gasteiger partial charge in [0.15, 0.2) is 0 Å². The van der Waals surface area contributed by atoms with E-state index in [4.69, 9.17) is 0 Å². The SMILES string of the molecule is CN(C)NF. The van der Waals surface area contributed by atoms with Gasteiger partial charge in [-0.05, 0) is 0 Å². The molecule has 0 heterocycles. The Morgan fingerprint density at radius 1 is 1.60 bits per heavy atom. The zero-order chi connectivity index (χ0) is 4.28. The lowest BCUT2D eigenvalue weighted by Crippen LogP contribution is -2.21. The summed E-state index contributed by atoms with van der Waals surface area (Å²) in [4.78, 5) is 0. The lowest BCUT2D eigenvalue weighted by Gasteiger charge is -1.98. The maximum atomic E-state index is 10.8. The first-order valence-electron chi connectivity index (χ1n) is 1.31. The number of hydrogen-bond donors (Lipinski definition) is 1. The minimum absolute atomic E-state index is 1.21. The van der Waals surface area contributed by atoms with E-state index < -0.39 is 0 Å². The molecule has 0 unspecified atom stereocenters. The molecular formula is C2H7FN2. The summed E-state index contributed by atoms with van der Waals surface area (Å²) in [5, 5.41) is 1.21. The van der Waals surface area contributed by atoms with Crippen LogP contribution >= 0.6 is 0 Å². The Morgan fingerprint density at radius 3 is 1.80 bits per heavy atom. The maximum Gasteiger partial charge on any atom is 0.00375 e. The van der Waals surface area contributed by atoms with Gasteiger partial charge in [0.2, 0.25) is 0 Å². The van der Waals surface area contributed by atoms with Gasteiger partial charge in [-0.1, -0.05) is 5.65 Å². The van der Waals surface area contributed by atoms with Crippen LogP contribution in [0.1, 0.15) is 0 Å². The van der Waals surface area contributed by atoms with Gasteiger partial charge in [0.1, 0.15) is 0 Å². The van der Waals surface area contributed by atoms with E-state index in [1.54, 1.807) is 14.1 Å². The third-order valence-electron chi connectivity index (χ3n) is 0.169. The fourth-order valence-electron chi connectivity index (χ4n) is 0. The zero-order valence-electron chi connectivity index (χ0n) is 3.33. The van der Waals surface area contributed by atoms with Crippen LogP contribution in [0.2, 0.25) is 0 Å². The highest BCUT2D eigenvalue weighted by Gasteiger charge is 1.73. The van der Waals surface area contributed by atoms with Gasteiger partial charge in [-0.2, -0.15) is 0 Å². The normalized spacial score (nSPS) is 9.60. The smallest absolute Gasteiger partial charge is 0.00375 e. The molecule has 0 saturated heterocycles. The van der Waals surface area contributed by atoms with Crippen molar-refractivity contribution in [1.82, 2.24) is 10.7 Å². The summed E-state index contributed by atoms with van der Waals surface area (Å²) in [6, 6.07) is 0. The summed E-state index contributed by atoms with van der Waals surface area (Å²) in [7, 11) is 3.14. The van der Waals surface area contributed by atoms with Crippen LogP contribution in [0.4, 0.5) is 4.48 Å².